The van der Waals surface area contributed by atoms with E-state index in [1.54, 1.807) is 24.3 Å². The number of carbonyl (C=O) groups is 1. The van der Waals surface area contributed by atoms with Gasteiger partial charge in [0.2, 0.25) is 5.95 Å². The Labute approximate surface area is 117 Å². The maximum Gasteiger partial charge on any atom is 0.336 e. The van der Waals surface area contributed by atoms with Gasteiger partial charge in [-0.3, -0.25) is 10.1 Å². The highest BCUT2D eigenvalue weighted by molar-refractivity contribution is 5.90. The SMILES string of the molecule is O=C(COc1ccc2ccc(=O)oc2c1)Nc1ncn[nH]1. The lowest BCUT2D eigenvalue weighted by Gasteiger charge is -2.06. The van der Waals surface area contributed by atoms with Crippen molar-refractivity contribution < 1.29 is 13.9 Å². The first kappa shape index (κ1) is 12.9. The van der Waals surface area contributed by atoms with Crippen LogP contribution < -0.4 is 15.7 Å². The molecule has 0 bridgehead atoms. The molecule has 2 heterocycles. The Morgan fingerprint density at radius 3 is 3.00 bits per heavy atom. The van der Waals surface area contributed by atoms with Gasteiger partial charge in [0.05, 0.1) is 0 Å². The van der Waals surface area contributed by atoms with Crippen LogP contribution in [-0.4, -0.2) is 27.7 Å². The predicted octanol–water partition coefficient (Wildman–Crippen LogP) is 0.929. The number of H-pyrrole nitrogens is 1. The molecule has 3 rings (SSSR count). The van der Waals surface area contributed by atoms with E-state index in [2.05, 4.69) is 20.5 Å². The first-order valence-corrected chi connectivity index (χ1v) is 6.03. The second kappa shape index (κ2) is 5.45. The van der Waals surface area contributed by atoms with Gasteiger partial charge in [-0.1, -0.05) is 0 Å². The normalized spacial score (nSPS) is 10.5. The Kier molecular flexibility index (Phi) is 3.34. The fourth-order valence-electron chi connectivity index (χ4n) is 1.71. The smallest absolute Gasteiger partial charge is 0.336 e. The van der Waals surface area contributed by atoms with Crippen molar-refractivity contribution in [1.29, 1.82) is 0 Å². The number of carbonyl (C=O) groups excluding carboxylic acids is 1. The molecule has 0 saturated carbocycles. The van der Waals surface area contributed by atoms with Gasteiger partial charge in [0.25, 0.3) is 5.91 Å². The molecule has 0 aliphatic heterocycles. The van der Waals surface area contributed by atoms with Crippen molar-refractivity contribution in [2.75, 3.05) is 11.9 Å². The number of amides is 1. The molecule has 3 aromatic rings. The summed E-state index contributed by atoms with van der Waals surface area (Å²) in [7, 11) is 0. The van der Waals surface area contributed by atoms with E-state index in [0.717, 1.165) is 5.39 Å². The highest BCUT2D eigenvalue weighted by Gasteiger charge is 2.06. The second-order valence-electron chi connectivity index (χ2n) is 4.12. The van der Waals surface area contributed by atoms with E-state index in [9.17, 15) is 9.59 Å². The second-order valence-corrected chi connectivity index (χ2v) is 4.12. The fraction of sp³-hybridized carbons (Fsp3) is 0.0769. The predicted molar refractivity (Wildman–Crippen MR) is 73.0 cm³/mol. The summed E-state index contributed by atoms with van der Waals surface area (Å²) in [6, 6.07) is 7.97. The van der Waals surface area contributed by atoms with E-state index in [0.29, 0.717) is 11.3 Å². The van der Waals surface area contributed by atoms with E-state index in [1.165, 1.54) is 12.4 Å². The van der Waals surface area contributed by atoms with E-state index in [4.69, 9.17) is 9.15 Å². The van der Waals surface area contributed by atoms with Crippen molar-refractivity contribution in [1.82, 2.24) is 15.2 Å². The van der Waals surface area contributed by atoms with Crippen LogP contribution in [0.3, 0.4) is 0 Å². The molecule has 0 fully saturated rings. The molecule has 2 N–H and O–H groups in total. The zero-order valence-electron chi connectivity index (χ0n) is 10.7. The van der Waals surface area contributed by atoms with Gasteiger partial charge < -0.3 is 9.15 Å². The van der Waals surface area contributed by atoms with Gasteiger partial charge in [-0.05, 0) is 18.2 Å². The average Bonchev–Trinajstić information content (AvgIpc) is 2.97. The number of ether oxygens (including phenoxy) is 1. The molecule has 8 nitrogen and oxygen atoms in total. The number of aromatic nitrogens is 3. The highest BCUT2D eigenvalue weighted by Crippen LogP contribution is 2.19. The zero-order chi connectivity index (χ0) is 14.7. The third kappa shape index (κ3) is 3.06. The number of nitrogens with one attached hydrogen (secondary N) is 2. The summed E-state index contributed by atoms with van der Waals surface area (Å²) in [5, 5.41) is 9.34. The van der Waals surface area contributed by atoms with Gasteiger partial charge in [0, 0.05) is 17.5 Å². The van der Waals surface area contributed by atoms with Crippen molar-refractivity contribution in [2.24, 2.45) is 0 Å². The van der Waals surface area contributed by atoms with Crippen LogP contribution >= 0.6 is 0 Å². The molecule has 1 amide bonds. The lowest BCUT2D eigenvalue weighted by atomic mass is 10.2. The maximum absolute atomic E-state index is 11.6. The summed E-state index contributed by atoms with van der Waals surface area (Å²) in [5.41, 5.74) is -0.0432. The maximum atomic E-state index is 11.6. The van der Waals surface area contributed by atoms with Crippen LogP contribution in [0.1, 0.15) is 0 Å². The van der Waals surface area contributed by atoms with Gasteiger partial charge in [0.15, 0.2) is 6.61 Å². The molecular formula is C13H10N4O4. The molecule has 8 heteroatoms. The lowest BCUT2D eigenvalue weighted by Crippen LogP contribution is -2.20. The number of anilines is 1. The summed E-state index contributed by atoms with van der Waals surface area (Å²) in [6.45, 7) is -0.205. The Balaban J connectivity index is 1.67. The molecule has 2 aromatic heterocycles. The zero-order valence-corrected chi connectivity index (χ0v) is 10.7. The first-order chi connectivity index (χ1) is 10.2. The number of rotatable bonds is 4. The molecule has 106 valence electrons. The van der Waals surface area contributed by atoms with Gasteiger partial charge in [-0.2, -0.15) is 10.1 Å². The van der Waals surface area contributed by atoms with Crippen molar-refractivity contribution in [2.45, 2.75) is 0 Å². The van der Waals surface area contributed by atoms with E-state index in [1.807, 2.05) is 0 Å². The molecular weight excluding hydrogens is 276 g/mol. The van der Waals surface area contributed by atoms with Crippen molar-refractivity contribution in [3.05, 3.63) is 47.1 Å². The number of aromatic amines is 1. The van der Waals surface area contributed by atoms with Crippen LogP contribution in [0.15, 0.2) is 45.9 Å². The number of fused-ring (bicyclic) bond motifs is 1. The summed E-state index contributed by atoms with van der Waals surface area (Å²) < 4.78 is 10.4. The molecule has 0 unspecified atom stereocenters. The molecule has 0 aliphatic rings. The van der Waals surface area contributed by atoms with Crippen LogP contribution in [-0.2, 0) is 4.79 Å². The van der Waals surface area contributed by atoms with Crippen molar-refractivity contribution in [3.63, 3.8) is 0 Å². The molecule has 21 heavy (non-hydrogen) atoms. The van der Waals surface area contributed by atoms with Crippen molar-refractivity contribution >= 4 is 22.8 Å². The molecule has 0 atom stereocenters. The van der Waals surface area contributed by atoms with Crippen LogP contribution in [0.2, 0.25) is 0 Å². The summed E-state index contributed by atoms with van der Waals surface area (Å²) in [5.74, 6) is 0.277. The monoisotopic (exact) mass is 286 g/mol. The van der Waals surface area contributed by atoms with E-state index >= 15 is 0 Å². The Morgan fingerprint density at radius 2 is 2.19 bits per heavy atom. The number of nitrogens with zero attached hydrogens (tertiary/aromatic N) is 2. The Bertz CT molecular complexity index is 826. The highest BCUT2D eigenvalue weighted by atomic mass is 16.5. The van der Waals surface area contributed by atoms with Gasteiger partial charge in [0.1, 0.15) is 17.7 Å². The fourth-order valence-corrected chi connectivity index (χ4v) is 1.71. The average molecular weight is 286 g/mol. The number of hydrogen-bond donors (Lipinski definition) is 2. The Hall–Kier alpha value is -3.16. The van der Waals surface area contributed by atoms with Gasteiger partial charge in [-0.15, -0.1) is 0 Å². The summed E-state index contributed by atoms with van der Waals surface area (Å²) >= 11 is 0. The van der Waals surface area contributed by atoms with Gasteiger partial charge >= 0.3 is 5.63 Å². The minimum Gasteiger partial charge on any atom is -0.484 e. The minimum atomic E-state index is -0.442. The minimum absolute atomic E-state index is 0.205. The molecule has 0 radical (unpaired) electrons. The Morgan fingerprint density at radius 1 is 1.33 bits per heavy atom. The topological polar surface area (TPSA) is 110 Å². The summed E-state index contributed by atoms with van der Waals surface area (Å²) in [6.07, 6.45) is 1.28. The van der Waals surface area contributed by atoms with Gasteiger partial charge in [-0.25, -0.2) is 9.89 Å². The standard InChI is InChI=1S/C13H10N4O4/c18-11(16-13-14-7-15-17-13)6-20-9-3-1-8-2-4-12(19)21-10(8)5-9/h1-5,7H,6H2,(H2,14,15,16,17,18). The van der Waals surface area contributed by atoms with Crippen molar-refractivity contribution in [3.8, 4) is 5.75 Å². The van der Waals surface area contributed by atoms with Crippen LogP contribution in [0.25, 0.3) is 11.0 Å². The van der Waals surface area contributed by atoms with E-state index < -0.39 is 5.63 Å². The largest absolute Gasteiger partial charge is 0.484 e. The third-order valence-corrected chi connectivity index (χ3v) is 2.64. The van der Waals surface area contributed by atoms with E-state index in [-0.39, 0.29) is 18.5 Å². The van der Waals surface area contributed by atoms with Crippen LogP contribution in [0.5, 0.6) is 5.75 Å². The third-order valence-electron chi connectivity index (χ3n) is 2.64. The molecule has 0 saturated heterocycles. The number of hydrogen-bond acceptors (Lipinski definition) is 6. The molecule has 0 spiro atoms. The van der Waals surface area contributed by atoms with Crippen LogP contribution in [0.4, 0.5) is 5.95 Å². The lowest BCUT2D eigenvalue weighted by molar-refractivity contribution is -0.118. The molecule has 0 aliphatic carbocycles. The number of benzene rings is 1. The molecule has 1 aromatic carbocycles. The first-order valence-electron chi connectivity index (χ1n) is 6.03. The summed E-state index contributed by atoms with van der Waals surface area (Å²) in [4.78, 5) is 26.5. The van der Waals surface area contributed by atoms with Crippen LogP contribution in [0, 0.1) is 0 Å². The quantitative estimate of drug-likeness (QED) is 0.690.